The van der Waals surface area contributed by atoms with E-state index in [0.29, 0.717) is 5.57 Å². The summed E-state index contributed by atoms with van der Waals surface area (Å²) in [5.74, 6) is -0.506. The van der Waals surface area contributed by atoms with Crippen LogP contribution in [0.3, 0.4) is 0 Å². The predicted molar refractivity (Wildman–Crippen MR) is 86.0 cm³/mol. The molecule has 0 spiro atoms. The number of likely N-dealkylation sites (N-methyl/N-ethyl adjacent to an activating group) is 1. The molecule has 0 amide bonds. The first-order chi connectivity index (χ1) is 10.7. The maximum Gasteiger partial charge on any atom is 0.494 e. The molecule has 126 valence electrons. The Morgan fingerprint density at radius 3 is 2.35 bits per heavy atom. The fraction of sp³-hybridized carbons (Fsp3) is 0.667. The Labute approximate surface area is 137 Å². The molecule has 2 atom stereocenters. The molecule has 0 radical (unpaired) electrons. The van der Waals surface area contributed by atoms with Crippen molar-refractivity contribution in [2.24, 2.45) is 5.11 Å². The van der Waals surface area contributed by atoms with Crippen molar-refractivity contribution in [1.29, 1.82) is 5.53 Å². The smallest absolute Gasteiger partial charge is 0.466 e. The minimum atomic E-state index is -0.626. The fourth-order valence-electron chi connectivity index (χ4n) is 2.62. The van der Waals surface area contributed by atoms with Gasteiger partial charge in [-0.15, -0.1) is 0 Å². The van der Waals surface area contributed by atoms with Crippen molar-refractivity contribution in [1.82, 2.24) is 5.32 Å². The molecule has 2 aliphatic rings. The van der Waals surface area contributed by atoms with Gasteiger partial charge in [0.05, 0.1) is 29.9 Å². The summed E-state index contributed by atoms with van der Waals surface area (Å²) >= 11 is 0. The number of nitrogens with zero attached hydrogens (tertiary/aromatic N) is 1. The van der Waals surface area contributed by atoms with E-state index < -0.39 is 30.3 Å². The van der Waals surface area contributed by atoms with Crippen LogP contribution in [-0.2, 0) is 18.8 Å². The number of carbonyl (C=O) groups is 1. The molecule has 1 heterocycles. The van der Waals surface area contributed by atoms with Crippen LogP contribution in [0.4, 0.5) is 0 Å². The van der Waals surface area contributed by atoms with E-state index in [-0.39, 0.29) is 6.04 Å². The van der Waals surface area contributed by atoms with Crippen molar-refractivity contribution < 1.29 is 18.8 Å². The van der Waals surface area contributed by atoms with E-state index in [1.54, 1.807) is 13.1 Å². The Balaban J connectivity index is 2.38. The summed E-state index contributed by atoms with van der Waals surface area (Å²) in [5.41, 5.74) is 7.48. The fourth-order valence-corrected chi connectivity index (χ4v) is 2.62. The van der Waals surface area contributed by atoms with Gasteiger partial charge < -0.3 is 19.4 Å². The lowest BCUT2D eigenvalue weighted by Crippen LogP contribution is -2.42. The van der Waals surface area contributed by atoms with Crippen molar-refractivity contribution >= 4 is 13.1 Å². The maximum absolute atomic E-state index is 12.0. The minimum absolute atomic E-state index is 0.305. The summed E-state index contributed by atoms with van der Waals surface area (Å²) in [6, 6.07) is -0.931. The number of methoxy groups -OCH3 is 1. The zero-order valence-corrected chi connectivity index (χ0v) is 14.5. The Morgan fingerprint density at radius 1 is 1.35 bits per heavy atom. The highest BCUT2D eigenvalue weighted by molar-refractivity contribution is 6.55. The molecule has 0 aromatic heterocycles. The second-order valence-electron chi connectivity index (χ2n) is 6.73. The van der Waals surface area contributed by atoms with Gasteiger partial charge in [-0.3, -0.25) is 0 Å². The van der Waals surface area contributed by atoms with Crippen LogP contribution in [0.1, 0.15) is 27.7 Å². The van der Waals surface area contributed by atoms with Gasteiger partial charge in [0.15, 0.2) is 0 Å². The highest BCUT2D eigenvalue weighted by atomic mass is 16.7. The summed E-state index contributed by atoms with van der Waals surface area (Å²) in [4.78, 5) is 12.0. The predicted octanol–water partition coefficient (Wildman–Crippen LogP) is 1.64. The van der Waals surface area contributed by atoms with E-state index in [9.17, 15) is 4.79 Å². The first-order valence-electron chi connectivity index (χ1n) is 7.58. The third-order valence-electron chi connectivity index (χ3n) is 4.77. The van der Waals surface area contributed by atoms with Crippen LogP contribution in [0, 0.1) is 5.53 Å². The number of hydrogen-bond acceptors (Lipinski definition) is 7. The largest absolute Gasteiger partial charge is 0.494 e. The maximum atomic E-state index is 12.0. The zero-order chi connectivity index (χ0) is 17.4. The normalized spacial score (nSPS) is 28.9. The number of rotatable bonds is 4. The molecule has 2 unspecified atom stereocenters. The molecule has 0 bridgehead atoms. The summed E-state index contributed by atoms with van der Waals surface area (Å²) in [7, 11) is 2.48. The van der Waals surface area contributed by atoms with Crippen molar-refractivity contribution in [2.75, 3.05) is 14.2 Å². The van der Waals surface area contributed by atoms with E-state index in [4.69, 9.17) is 19.6 Å². The first-order valence-corrected chi connectivity index (χ1v) is 7.58. The van der Waals surface area contributed by atoms with Crippen LogP contribution in [-0.4, -0.2) is 50.5 Å². The number of esters is 1. The Morgan fingerprint density at radius 2 is 1.91 bits per heavy atom. The summed E-state index contributed by atoms with van der Waals surface area (Å²) < 4.78 is 16.9. The third-order valence-corrected chi connectivity index (χ3v) is 4.77. The number of carbonyl (C=O) groups excluding carboxylic acids is 1. The van der Waals surface area contributed by atoms with Crippen LogP contribution in [0.5, 0.6) is 0 Å². The molecule has 2 rings (SSSR count). The molecule has 1 saturated heterocycles. The SMILES string of the molecule is CNC1C=C(B2OC(C)(C)C(C)(C)O2)C=C(C(=O)OC)C1N=N. The van der Waals surface area contributed by atoms with E-state index in [2.05, 4.69) is 10.4 Å². The third kappa shape index (κ3) is 3.11. The molecule has 0 aromatic rings. The molecular formula is C15H24BN3O4. The molecule has 1 aliphatic heterocycles. The molecule has 23 heavy (non-hydrogen) atoms. The van der Waals surface area contributed by atoms with Gasteiger partial charge >= 0.3 is 13.1 Å². The Bertz CT molecular complexity index is 555. The van der Waals surface area contributed by atoms with Gasteiger partial charge in [0.1, 0.15) is 6.04 Å². The van der Waals surface area contributed by atoms with Crippen LogP contribution in [0.15, 0.2) is 28.3 Å². The van der Waals surface area contributed by atoms with Gasteiger partial charge in [0.2, 0.25) is 0 Å². The minimum Gasteiger partial charge on any atom is -0.466 e. The Hall–Kier alpha value is -1.51. The highest BCUT2D eigenvalue weighted by Gasteiger charge is 2.53. The Kier molecular flexibility index (Phi) is 4.80. The molecular weight excluding hydrogens is 297 g/mol. The quantitative estimate of drug-likeness (QED) is 0.466. The van der Waals surface area contributed by atoms with E-state index >= 15 is 0 Å². The van der Waals surface area contributed by atoms with Crippen molar-refractivity contribution in [3.8, 4) is 0 Å². The lowest BCUT2D eigenvalue weighted by Gasteiger charge is -2.32. The topological polar surface area (TPSA) is 93.0 Å². The van der Waals surface area contributed by atoms with Crippen molar-refractivity contribution in [3.05, 3.63) is 23.2 Å². The number of allylic oxidation sites excluding steroid dienone is 2. The van der Waals surface area contributed by atoms with Gasteiger partial charge in [-0.05, 0) is 46.3 Å². The zero-order valence-electron chi connectivity index (χ0n) is 14.5. The summed E-state index contributed by atoms with van der Waals surface area (Å²) in [6.45, 7) is 7.88. The lowest BCUT2D eigenvalue weighted by molar-refractivity contribution is -0.136. The van der Waals surface area contributed by atoms with Gasteiger partial charge in [-0.25, -0.2) is 10.3 Å². The first kappa shape index (κ1) is 17.8. The molecule has 8 heteroatoms. The van der Waals surface area contributed by atoms with Crippen LogP contribution in [0.2, 0.25) is 0 Å². The van der Waals surface area contributed by atoms with Gasteiger partial charge in [0, 0.05) is 0 Å². The summed E-state index contributed by atoms with van der Waals surface area (Å²) in [5, 5.41) is 6.62. The van der Waals surface area contributed by atoms with Crippen LogP contribution in [0.25, 0.3) is 0 Å². The molecule has 0 saturated carbocycles. The summed E-state index contributed by atoms with van der Waals surface area (Å²) in [6.07, 6.45) is 3.54. The molecule has 7 nitrogen and oxygen atoms in total. The molecule has 2 N–H and O–H groups in total. The standard InChI is InChI=1S/C15H24BN3O4/c1-14(2)15(3,4)23-16(22-14)9-7-10(13(20)21-6)12(19-17)11(8-9)18-5/h7-8,11-12,17-18H,1-6H3. The average molecular weight is 321 g/mol. The molecule has 1 aliphatic carbocycles. The van der Waals surface area contributed by atoms with E-state index in [0.717, 1.165) is 5.47 Å². The van der Waals surface area contributed by atoms with E-state index in [1.807, 2.05) is 33.8 Å². The molecule has 1 fully saturated rings. The highest BCUT2D eigenvalue weighted by Crippen LogP contribution is 2.40. The lowest BCUT2D eigenvalue weighted by atomic mass is 9.72. The monoisotopic (exact) mass is 321 g/mol. The van der Waals surface area contributed by atoms with Gasteiger partial charge in [0.25, 0.3) is 0 Å². The number of ether oxygens (including phenoxy) is 1. The second-order valence-corrected chi connectivity index (χ2v) is 6.73. The average Bonchev–Trinajstić information content (AvgIpc) is 2.73. The van der Waals surface area contributed by atoms with Crippen molar-refractivity contribution in [2.45, 2.75) is 51.0 Å². The van der Waals surface area contributed by atoms with Gasteiger partial charge in [-0.1, -0.05) is 6.08 Å². The van der Waals surface area contributed by atoms with Crippen LogP contribution < -0.4 is 5.32 Å². The number of hydrogen-bond donors (Lipinski definition) is 2. The van der Waals surface area contributed by atoms with Crippen molar-refractivity contribution in [3.63, 3.8) is 0 Å². The van der Waals surface area contributed by atoms with Crippen LogP contribution >= 0.6 is 0 Å². The van der Waals surface area contributed by atoms with Gasteiger partial charge in [-0.2, -0.15) is 5.11 Å². The van der Waals surface area contributed by atoms with E-state index in [1.165, 1.54) is 7.11 Å². The molecule has 0 aromatic carbocycles. The number of nitrogens with one attached hydrogen (secondary N) is 2. The second kappa shape index (κ2) is 6.18.